The highest BCUT2D eigenvalue weighted by molar-refractivity contribution is 9.10. The van der Waals surface area contributed by atoms with Gasteiger partial charge in [-0.2, -0.15) is 9.78 Å². The number of halogens is 2. The summed E-state index contributed by atoms with van der Waals surface area (Å²) in [6.45, 7) is 1.96. The fourth-order valence-corrected chi connectivity index (χ4v) is 5.65. The van der Waals surface area contributed by atoms with Crippen LogP contribution in [0, 0.1) is 6.92 Å². The average molecular weight is 611 g/mol. The van der Waals surface area contributed by atoms with Crippen LogP contribution in [0.4, 0.5) is 22.9 Å². The zero-order chi connectivity index (χ0) is 27.4. The monoisotopic (exact) mass is 609 g/mol. The number of anilines is 2. The maximum atomic E-state index is 11.2. The molecule has 0 radical (unpaired) electrons. The van der Waals surface area contributed by atoms with Crippen LogP contribution in [0.3, 0.4) is 0 Å². The molecule has 2 aliphatic rings. The van der Waals surface area contributed by atoms with Gasteiger partial charge in [-0.1, -0.05) is 45.7 Å². The molecule has 40 heavy (non-hydrogen) atoms. The first kappa shape index (κ1) is 24.6. The van der Waals surface area contributed by atoms with Gasteiger partial charge in [0.2, 0.25) is 0 Å². The summed E-state index contributed by atoms with van der Waals surface area (Å²) in [6.07, 6.45) is 1.73. The number of hydrogen-bond acceptors (Lipinski definition) is 7. The lowest BCUT2D eigenvalue weighted by molar-refractivity contribution is 0.465. The number of fused-ring (bicyclic) bond motifs is 4. The zero-order valence-corrected chi connectivity index (χ0v) is 23.5. The van der Waals surface area contributed by atoms with Crippen molar-refractivity contribution < 1.29 is 5.11 Å². The first-order valence-electron chi connectivity index (χ1n) is 12.6. The Labute approximate surface area is 243 Å². The van der Waals surface area contributed by atoms with Gasteiger partial charge in [0, 0.05) is 32.5 Å². The van der Waals surface area contributed by atoms with Gasteiger partial charge in [0.25, 0.3) is 0 Å². The fraction of sp³-hybridized carbons (Fsp3) is 0.0667. The van der Waals surface area contributed by atoms with Crippen molar-refractivity contribution in [3.05, 3.63) is 117 Å². The largest absolute Gasteiger partial charge is 0.508 e. The molecule has 196 valence electrons. The van der Waals surface area contributed by atoms with Gasteiger partial charge >= 0.3 is 0 Å². The molecule has 2 aromatic heterocycles. The number of phenolic OH excluding ortho intramolecular Hbond substituents is 1. The molecule has 0 amide bonds. The van der Waals surface area contributed by atoms with Gasteiger partial charge in [0.1, 0.15) is 5.75 Å². The van der Waals surface area contributed by atoms with Crippen LogP contribution in [0.25, 0.3) is 5.82 Å². The summed E-state index contributed by atoms with van der Waals surface area (Å²) in [4.78, 5) is 16.8. The van der Waals surface area contributed by atoms with Crippen LogP contribution in [-0.4, -0.2) is 31.5 Å². The maximum absolute atomic E-state index is 11.2. The van der Waals surface area contributed by atoms with Crippen molar-refractivity contribution in [2.24, 2.45) is 9.98 Å². The number of benzene rings is 3. The second-order valence-electron chi connectivity index (χ2n) is 9.41. The van der Waals surface area contributed by atoms with Gasteiger partial charge in [-0.05, 0) is 73.7 Å². The molecule has 0 fully saturated rings. The SMILES string of the molecule is Cc1nn(-c2ccccn2)c2c1C(c1cc(Br)ccc1O)N1C(=N2)C(Nc2ccc(Cl)cc2)=Nc2ccccc21. The van der Waals surface area contributed by atoms with E-state index >= 15 is 0 Å². The molecule has 1 atom stereocenters. The molecule has 8 nitrogen and oxygen atoms in total. The highest BCUT2D eigenvalue weighted by Gasteiger charge is 2.42. The van der Waals surface area contributed by atoms with E-state index in [4.69, 9.17) is 26.7 Å². The lowest BCUT2D eigenvalue weighted by atomic mass is 9.92. The van der Waals surface area contributed by atoms with Gasteiger partial charge in [-0.3, -0.25) is 0 Å². The number of phenols is 1. The number of aryl methyl sites for hydroxylation is 1. The normalized spacial score (nSPS) is 15.5. The predicted octanol–water partition coefficient (Wildman–Crippen LogP) is 7.49. The number of nitrogens with one attached hydrogen (secondary N) is 1. The Balaban J connectivity index is 1.52. The number of aliphatic imine (C=N–C) groups is 2. The summed E-state index contributed by atoms with van der Waals surface area (Å²) in [5, 5.41) is 20.2. The van der Waals surface area contributed by atoms with E-state index in [2.05, 4.69) is 31.1 Å². The molecule has 2 aliphatic heterocycles. The summed E-state index contributed by atoms with van der Waals surface area (Å²) in [6, 6.07) is 26.0. The average Bonchev–Trinajstić information content (AvgIpc) is 3.31. The van der Waals surface area contributed by atoms with Gasteiger partial charge in [-0.25, -0.2) is 15.0 Å². The number of para-hydroxylation sites is 2. The van der Waals surface area contributed by atoms with E-state index in [1.165, 1.54) is 0 Å². The number of amidine groups is 2. The number of rotatable bonds is 3. The highest BCUT2D eigenvalue weighted by Crippen LogP contribution is 2.50. The first-order valence-corrected chi connectivity index (χ1v) is 13.7. The molecular weight excluding hydrogens is 590 g/mol. The van der Waals surface area contributed by atoms with Crippen molar-refractivity contribution in [3.8, 4) is 11.6 Å². The molecule has 0 spiro atoms. The highest BCUT2D eigenvalue weighted by atomic mass is 79.9. The van der Waals surface area contributed by atoms with Crippen LogP contribution >= 0.6 is 27.5 Å². The Morgan fingerprint density at radius 1 is 0.950 bits per heavy atom. The third-order valence-electron chi connectivity index (χ3n) is 6.90. The predicted molar refractivity (Wildman–Crippen MR) is 162 cm³/mol. The van der Waals surface area contributed by atoms with Crippen LogP contribution in [0.15, 0.2) is 106 Å². The number of hydrogen-bond donors (Lipinski definition) is 2. The van der Waals surface area contributed by atoms with E-state index in [0.29, 0.717) is 33.9 Å². The summed E-state index contributed by atoms with van der Waals surface area (Å²) < 4.78 is 2.59. The Kier molecular flexibility index (Phi) is 5.91. The van der Waals surface area contributed by atoms with E-state index in [9.17, 15) is 5.11 Å². The lowest BCUT2D eigenvalue weighted by Gasteiger charge is -2.40. The van der Waals surface area contributed by atoms with Crippen LogP contribution in [0.2, 0.25) is 5.02 Å². The van der Waals surface area contributed by atoms with Crippen molar-refractivity contribution in [3.63, 3.8) is 0 Å². The van der Waals surface area contributed by atoms with Crippen LogP contribution in [0.5, 0.6) is 5.75 Å². The Morgan fingerprint density at radius 3 is 2.55 bits per heavy atom. The van der Waals surface area contributed by atoms with Gasteiger partial charge in [-0.15, -0.1) is 0 Å². The molecule has 0 aliphatic carbocycles. The van der Waals surface area contributed by atoms with E-state index in [1.54, 1.807) is 16.9 Å². The van der Waals surface area contributed by atoms with Crippen molar-refractivity contribution in [1.29, 1.82) is 0 Å². The van der Waals surface area contributed by atoms with E-state index in [1.807, 2.05) is 85.8 Å². The standard InChI is InChI=1S/C30H21BrClN7O/c1-17-26-27(21-16-18(31)9-14-24(21)40)38-23-7-3-2-6-22(23)35-28(34-20-12-10-19(32)11-13-20)30(38)36-29(26)39(37-17)25-8-4-5-15-33-25/h2-16,27,40H,1H3,(H,34,35). The van der Waals surface area contributed by atoms with Crippen molar-refractivity contribution in [1.82, 2.24) is 14.8 Å². The Morgan fingerprint density at radius 2 is 1.75 bits per heavy atom. The fourth-order valence-electron chi connectivity index (χ4n) is 5.15. The van der Waals surface area contributed by atoms with Crippen LogP contribution in [0.1, 0.15) is 22.9 Å². The molecule has 10 heteroatoms. The molecule has 2 N–H and O–H groups in total. The first-order chi connectivity index (χ1) is 19.5. The lowest BCUT2D eigenvalue weighted by Crippen LogP contribution is -2.46. The smallest absolute Gasteiger partial charge is 0.179 e. The Hall–Kier alpha value is -4.47. The van der Waals surface area contributed by atoms with Gasteiger partial charge < -0.3 is 15.3 Å². The molecule has 1 unspecified atom stereocenters. The van der Waals surface area contributed by atoms with Crippen LogP contribution < -0.4 is 10.2 Å². The number of pyridine rings is 1. The number of nitrogens with zero attached hydrogens (tertiary/aromatic N) is 6. The second kappa shape index (κ2) is 9.62. The van der Waals surface area contributed by atoms with Gasteiger partial charge in [0.15, 0.2) is 23.3 Å². The molecule has 0 saturated heterocycles. The summed E-state index contributed by atoms with van der Waals surface area (Å²) in [5.74, 6) is 2.57. The molecule has 5 aromatic rings. The molecule has 0 bridgehead atoms. The number of aromatic nitrogens is 3. The third kappa shape index (κ3) is 4.06. The second-order valence-corrected chi connectivity index (χ2v) is 10.8. The summed E-state index contributed by atoms with van der Waals surface area (Å²) in [7, 11) is 0. The minimum absolute atomic E-state index is 0.164. The minimum Gasteiger partial charge on any atom is -0.508 e. The Bertz CT molecular complexity index is 1830. The van der Waals surface area contributed by atoms with Crippen molar-refractivity contribution in [2.45, 2.75) is 13.0 Å². The van der Waals surface area contributed by atoms with E-state index in [0.717, 1.165) is 32.8 Å². The quantitative estimate of drug-likeness (QED) is 0.221. The molecule has 3 aromatic carbocycles. The van der Waals surface area contributed by atoms with Crippen molar-refractivity contribution in [2.75, 3.05) is 10.2 Å². The topological polar surface area (TPSA) is 90.9 Å². The molecule has 0 saturated carbocycles. The third-order valence-corrected chi connectivity index (χ3v) is 7.64. The zero-order valence-electron chi connectivity index (χ0n) is 21.1. The van der Waals surface area contributed by atoms with E-state index < -0.39 is 6.04 Å². The summed E-state index contributed by atoms with van der Waals surface area (Å²) >= 11 is 9.76. The molecule has 7 rings (SSSR count). The maximum Gasteiger partial charge on any atom is 0.179 e. The molecule has 4 heterocycles. The molecular formula is C30H21BrClN7O. The van der Waals surface area contributed by atoms with Crippen molar-refractivity contribution >= 4 is 62.1 Å². The van der Waals surface area contributed by atoms with E-state index in [-0.39, 0.29) is 5.75 Å². The minimum atomic E-state index is -0.462. The van der Waals surface area contributed by atoms with Crippen LogP contribution in [-0.2, 0) is 0 Å². The summed E-state index contributed by atoms with van der Waals surface area (Å²) in [5.41, 5.74) is 4.80. The van der Waals surface area contributed by atoms with Gasteiger partial charge in [0.05, 0.1) is 23.1 Å². The number of aromatic hydroxyl groups is 1.